The van der Waals surface area contributed by atoms with Gasteiger partial charge in [0.05, 0.1) is 18.6 Å². The zero-order valence-electron chi connectivity index (χ0n) is 19.0. The summed E-state index contributed by atoms with van der Waals surface area (Å²) in [5.74, 6) is -0.420. The summed E-state index contributed by atoms with van der Waals surface area (Å²) in [5, 5.41) is 2.96. The average molecular weight is 404 g/mol. The topological polar surface area (TPSA) is 55.4 Å². The highest BCUT2D eigenvalue weighted by Gasteiger charge is 2.31. The summed E-state index contributed by atoms with van der Waals surface area (Å²) in [5.41, 5.74) is 1.48. The third-order valence-corrected chi connectivity index (χ3v) is 5.37. The summed E-state index contributed by atoms with van der Waals surface area (Å²) in [7, 11) is 0. The van der Waals surface area contributed by atoms with Crippen molar-refractivity contribution in [2.75, 3.05) is 6.61 Å². The Morgan fingerprint density at radius 2 is 1.48 bits per heavy atom. The van der Waals surface area contributed by atoms with Gasteiger partial charge in [-0.15, -0.1) is 0 Å². The Bertz CT molecular complexity index is 597. The van der Waals surface area contributed by atoms with E-state index >= 15 is 0 Å². The minimum atomic E-state index is -0.758. The van der Waals surface area contributed by atoms with E-state index < -0.39 is 5.54 Å². The third kappa shape index (κ3) is 10.5. The van der Waals surface area contributed by atoms with Gasteiger partial charge in [-0.25, -0.2) is 0 Å². The smallest absolute Gasteiger partial charge is 0.308 e. The lowest BCUT2D eigenvalue weighted by atomic mass is 9.87. The second-order valence-corrected chi connectivity index (χ2v) is 8.33. The van der Waals surface area contributed by atoms with Gasteiger partial charge in [0, 0.05) is 6.92 Å². The summed E-state index contributed by atoms with van der Waals surface area (Å²) < 4.78 is 5.37. The van der Waals surface area contributed by atoms with Gasteiger partial charge in [0.1, 0.15) is 0 Å². The summed E-state index contributed by atoms with van der Waals surface area (Å²) in [4.78, 5) is 24.1. The highest BCUT2D eigenvalue weighted by molar-refractivity contribution is 5.77. The fourth-order valence-electron chi connectivity index (χ4n) is 3.63. The van der Waals surface area contributed by atoms with Gasteiger partial charge in [-0.1, -0.05) is 83.1 Å². The SMILES string of the molecule is CCCCCCCCc1ccc(C(C)(CC(=O)OCCCCC)NC(C)=O)cc1. The maximum Gasteiger partial charge on any atom is 0.308 e. The van der Waals surface area contributed by atoms with Crippen LogP contribution in [0.2, 0.25) is 0 Å². The number of carbonyl (C=O) groups excluding carboxylic acids is 2. The quantitative estimate of drug-likeness (QED) is 0.286. The van der Waals surface area contributed by atoms with Crippen molar-refractivity contribution in [1.82, 2.24) is 5.32 Å². The molecule has 1 aromatic carbocycles. The molecule has 1 amide bonds. The number of hydrogen-bond acceptors (Lipinski definition) is 3. The molecule has 0 aliphatic heterocycles. The summed E-state index contributed by atoms with van der Waals surface area (Å²) in [6, 6.07) is 8.31. The molecular weight excluding hydrogens is 362 g/mol. The molecule has 0 heterocycles. The van der Waals surface area contributed by atoms with Crippen LogP contribution in [0.25, 0.3) is 0 Å². The van der Waals surface area contributed by atoms with E-state index in [1.807, 2.05) is 19.1 Å². The summed E-state index contributed by atoms with van der Waals surface area (Å²) in [6.45, 7) is 8.18. The molecule has 0 aliphatic carbocycles. The molecule has 1 unspecified atom stereocenters. The molecule has 0 saturated carbocycles. The predicted octanol–water partition coefficient (Wildman–Crippen LogP) is 6.06. The fraction of sp³-hybridized carbons (Fsp3) is 0.680. The van der Waals surface area contributed by atoms with Crippen LogP contribution < -0.4 is 5.32 Å². The molecule has 0 fully saturated rings. The third-order valence-electron chi connectivity index (χ3n) is 5.37. The normalized spacial score (nSPS) is 13.0. The molecule has 29 heavy (non-hydrogen) atoms. The second kappa shape index (κ2) is 14.2. The first-order chi connectivity index (χ1) is 13.9. The fourth-order valence-corrected chi connectivity index (χ4v) is 3.63. The summed E-state index contributed by atoms with van der Waals surface area (Å²) in [6.07, 6.45) is 12.0. The van der Waals surface area contributed by atoms with E-state index in [0.717, 1.165) is 31.2 Å². The first-order valence-electron chi connectivity index (χ1n) is 11.4. The minimum Gasteiger partial charge on any atom is -0.466 e. The second-order valence-electron chi connectivity index (χ2n) is 8.33. The van der Waals surface area contributed by atoms with Gasteiger partial charge in [-0.3, -0.25) is 9.59 Å². The van der Waals surface area contributed by atoms with Crippen molar-refractivity contribution in [3.8, 4) is 0 Å². The van der Waals surface area contributed by atoms with E-state index in [4.69, 9.17) is 4.74 Å². The van der Waals surface area contributed by atoms with Crippen molar-refractivity contribution < 1.29 is 14.3 Å². The molecule has 1 aromatic rings. The molecule has 164 valence electrons. The van der Waals surface area contributed by atoms with Gasteiger partial charge in [0.2, 0.25) is 5.91 Å². The monoisotopic (exact) mass is 403 g/mol. The molecule has 4 heteroatoms. The van der Waals surface area contributed by atoms with Crippen LogP contribution in [0.3, 0.4) is 0 Å². The maximum absolute atomic E-state index is 12.3. The van der Waals surface area contributed by atoms with Crippen LogP contribution in [0.5, 0.6) is 0 Å². The maximum atomic E-state index is 12.3. The van der Waals surface area contributed by atoms with Crippen LogP contribution in [0.1, 0.15) is 103 Å². The molecule has 0 bridgehead atoms. The highest BCUT2D eigenvalue weighted by atomic mass is 16.5. The number of carbonyl (C=O) groups is 2. The van der Waals surface area contributed by atoms with Crippen molar-refractivity contribution >= 4 is 11.9 Å². The van der Waals surface area contributed by atoms with Crippen molar-refractivity contribution in [3.05, 3.63) is 35.4 Å². The van der Waals surface area contributed by atoms with Crippen molar-refractivity contribution in [1.29, 1.82) is 0 Å². The lowest BCUT2D eigenvalue weighted by Gasteiger charge is -2.30. The molecule has 1 rings (SSSR count). The first kappa shape index (κ1) is 25.2. The van der Waals surface area contributed by atoms with E-state index in [1.54, 1.807) is 0 Å². The zero-order valence-corrected chi connectivity index (χ0v) is 19.0. The molecule has 1 N–H and O–H groups in total. The molecule has 1 atom stereocenters. The number of amides is 1. The van der Waals surface area contributed by atoms with Gasteiger partial charge < -0.3 is 10.1 Å². The standard InChI is InChI=1S/C25H41NO3/c1-5-7-9-10-11-12-14-22-15-17-23(18-16-22)25(4,26-21(3)27)20-24(28)29-19-13-8-6-2/h15-18H,5-14,19-20H2,1-4H3,(H,26,27). The average Bonchev–Trinajstić information content (AvgIpc) is 2.67. The van der Waals surface area contributed by atoms with E-state index in [-0.39, 0.29) is 18.3 Å². The Hall–Kier alpha value is -1.84. The van der Waals surface area contributed by atoms with Gasteiger partial charge in [-0.2, -0.15) is 0 Å². The van der Waals surface area contributed by atoms with Crippen LogP contribution >= 0.6 is 0 Å². The molecule has 0 saturated heterocycles. The van der Waals surface area contributed by atoms with Crippen LogP contribution in [0.15, 0.2) is 24.3 Å². The first-order valence-corrected chi connectivity index (χ1v) is 11.4. The lowest BCUT2D eigenvalue weighted by molar-refractivity contribution is -0.145. The molecule has 4 nitrogen and oxygen atoms in total. The van der Waals surface area contributed by atoms with Crippen LogP contribution in [-0.4, -0.2) is 18.5 Å². The Morgan fingerprint density at radius 1 is 0.897 bits per heavy atom. The van der Waals surface area contributed by atoms with Crippen LogP contribution in [0.4, 0.5) is 0 Å². The largest absolute Gasteiger partial charge is 0.466 e. The zero-order chi connectivity index (χ0) is 21.5. The van der Waals surface area contributed by atoms with Crippen LogP contribution in [-0.2, 0) is 26.3 Å². The highest BCUT2D eigenvalue weighted by Crippen LogP contribution is 2.26. The number of rotatable bonds is 15. The van der Waals surface area contributed by atoms with E-state index in [0.29, 0.717) is 6.61 Å². The van der Waals surface area contributed by atoms with Crippen molar-refractivity contribution in [2.24, 2.45) is 0 Å². The number of nitrogens with one attached hydrogen (secondary N) is 1. The number of hydrogen-bond donors (Lipinski definition) is 1. The Labute approximate surface area is 177 Å². The predicted molar refractivity (Wildman–Crippen MR) is 120 cm³/mol. The number of unbranched alkanes of at least 4 members (excludes halogenated alkanes) is 7. The Morgan fingerprint density at radius 3 is 2.10 bits per heavy atom. The van der Waals surface area contributed by atoms with E-state index in [2.05, 4.69) is 31.3 Å². The number of aryl methyl sites for hydroxylation is 1. The molecular formula is C25H41NO3. The molecule has 0 aromatic heterocycles. The molecule has 0 radical (unpaired) electrons. The summed E-state index contributed by atoms with van der Waals surface area (Å²) >= 11 is 0. The van der Waals surface area contributed by atoms with Crippen molar-refractivity contribution in [2.45, 2.75) is 104 Å². The Kier molecular flexibility index (Phi) is 12.3. The minimum absolute atomic E-state index is 0.134. The number of ether oxygens (including phenoxy) is 1. The van der Waals surface area contributed by atoms with Crippen molar-refractivity contribution in [3.63, 3.8) is 0 Å². The molecule has 0 aliphatic rings. The lowest BCUT2D eigenvalue weighted by Crippen LogP contribution is -2.44. The van der Waals surface area contributed by atoms with Gasteiger partial charge in [0.15, 0.2) is 0 Å². The number of benzene rings is 1. The van der Waals surface area contributed by atoms with Gasteiger partial charge >= 0.3 is 5.97 Å². The number of esters is 1. The van der Waals surface area contributed by atoms with Crippen LogP contribution in [0, 0.1) is 0 Å². The van der Waals surface area contributed by atoms with E-state index in [1.165, 1.54) is 51.0 Å². The Balaban J connectivity index is 2.64. The van der Waals surface area contributed by atoms with Gasteiger partial charge in [-0.05, 0) is 37.3 Å². The van der Waals surface area contributed by atoms with E-state index in [9.17, 15) is 9.59 Å². The molecule has 0 spiro atoms. The van der Waals surface area contributed by atoms with Gasteiger partial charge in [0.25, 0.3) is 0 Å².